The molecule has 0 saturated heterocycles. The van der Waals surface area contributed by atoms with Gasteiger partial charge in [-0.2, -0.15) is 10.2 Å². The lowest BCUT2D eigenvalue weighted by molar-refractivity contribution is 0.579. The van der Waals surface area contributed by atoms with Crippen molar-refractivity contribution in [2.45, 2.75) is 40.8 Å². The molecular weight excluding hydrogens is 506 g/mol. The lowest BCUT2D eigenvalue weighted by atomic mass is 10.2. The number of nitrogens with zero attached hydrogens (tertiary/aromatic N) is 4. The fourth-order valence-corrected chi connectivity index (χ4v) is 4.59. The summed E-state index contributed by atoms with van der Waals surface area (Å²) in [5.74, 6) is -0.255. The van der Waals surface area contributed by atoms with E-state index in [1.54, 1.807) is 22.9 Å². The molecule has 182 valence electrons. The van der Waals surface area contributed by atoms with Crippen LogP contribution in [0.3, 0.4) is 0 Å². The summed E-state index contributed by atoms with van der Waals surface area (Å²) in [6.07, 6.45) is 0. The molecular formula is C25H25Cl2FN6S. The fourth-order valence-electron chi connectivity index (χ4n) is 3.92. The molecule has 4 rings (SSSR count). The Morgan fingerprint density at radius 2 is 1.40 bits per heavy atom. The van der Waals surface area contributed by atoms with Gasteiger partial charge in [0.25, 0.3) is 0 Å². The molecule has 0 unspecified atom stereocenters. The highest BCUT2D eigenvalue weighted by Gasteiger charge is 2.17. The predicted molar refractivity (Wildman–Crippen MR) is 144 cm³/mol. The largest absolute Gasteiger partial charge is 0.329 e. The predicted octanol–water partition coefficient (Wildman–Crippen LogP) is 6.66. The third-order valence-electron chi connectivity index (χ3n) is 5.85. The van der Waals surface area contributed by atoms with Crippen LogP contribution < -0.4 is 10.6 Å². The van der Waals surface area contributed by atoms with E-state index < -0.39 is 0 Å². The molecule has 2 heterocycles. The topological polar surface area (TPSA) is 59.7 Å². The molecule has 0 spiro atoms. The van der Waals surface area contributed by atoms with E-state index in [9.17, 15) is 4.39 Å². The number of thiocarbonyl (C=S) groups is 1. The van der Waals surface area contributed by atoms with Crippen molar-refractivity contribution in [2.24, 2.45) is 0 Å². The molecule has 0 saturated carbocycles. The summed E-state index contributed by atoms with van der Waals surface area (Å²) in [5.41, 5.74) is 6.45. The van der Waals surface area contributed by atoms with Crippen LogP contribution in [0.25, 0.3) is 0 Å². The van der Waals surface area contributed by atoms with Crippen molar-refractivity contribution in [3.05, 3.63) is 92.2 Å². The molecule has 2 N–H and O–H groups in total. The number of aromatic nitrogens is 4. The van der Waals surface area contributed by atoms with E-state index >= 15 is 0 Å². The first kappa shape index (κ1) is 25.2. The van der Waals surface area contributed by atoms with Crippen LogP contribution in [0.2, 0.25) is 10.0 Å². The van der Waals surface area contributed by atoms with Gasteiger partial charge < -0.3 is 10.6 Å². The Hall–Kier alpha value is -2.94. The molecule has 35 heavy (non-hydrogen) atoms. The molecule has 0 radical (unpaired) electrons. The molecule has 10 heteroatoms. The van der Waals surface area contributed by atoms with E-state index in [0.717, 1.165) is 39.7 Å². The molecule has 0 bridgehead atoms. The van der Waals surface area contributed by atoms with Crippen LogP contribution in [0, 0.1) is 33.5 Å². The van der Waals surface area contributed by atoms with Crippen molar-refractivity contribution in [1.82, 2.24) is 19.6 Å². The van der Waals surface area contributed by atoms with Crippen molar-refractivity contribution in [3.8, 4) is 0 Å². The second-order valence-corrected chi connectivity index (χ2v) is 9.57. The molecule has 0 aliphatic rings. The summed E-state index contributed by atoms with van der Waals surface area (Å²) >= 11 is 18.0. The highest BCUT2D eigenvalue weighted by Crippen LogP contribution is 2.26. The van der Waals surface area contributed by atoms with E-state index in [0.29, 0.717) is 33.8 Å². The summed E-state index contributed by atoms with van der Waals surface area (Å²) in [6.45, 7) is 8.54. The average molecular weight is 531 g/mol. The molecule has 0 amide bonds. The quantitative estimate of drug-likeness (QED) is 0.273. The smallest absolute Gasteiger partial charge is 0.175 e. The number of halogens is 3. The molecule has 0 fully saturated rings. The standard InChI is InChI=1S/C25H25Cl2FN6S/c1-14-23(16(3)33(31-14)12-18-9-10-20(26)11-21(18)27)29-25(35)30-24-15(2)32-34(17(24)4)13-19-7-5-6-8-22(19)28/h5-11H,12-13H2,1-4H3,(H2,29,30,35). The van der Waals surface area contributed by atoms with Gasteiger partial charge in [-0.25, -0.2) is 4.39 Å². The Morgan fingerprint density at radius 3 is 1.94 bits per heavy atom. The summed E-state index contributed by atoms with van der Waals surface area (Å²) in [5, 5.41) is 17.3. The van der Waals surface area contributed by atoms with Gasteiger partial charge in [0.2, 0.25) is 0 Å². The highest BCUT2D eigenvalue weighted by molar-refractivity contribution is 7.80. The Balaban J connectivity index is 1.49. The molecule has 0 atom stereocenters. The van der Waals surface area contributed by atoms with Crippen LogP contribution in [0.4, 0.5) is 15.8 Å². The van der Waals surface area contributed by atoms with Crippen molar-refractivity contribution >= 4 is 51.9 Å². The third kappa shape index (κ3) is 5.50. The number of benzene rings is 2. The van der Waals surface area contributed by atoms with Crippen molar-refractivity contribution < 1.29 is 4.39 Å². The zero-order chi connectivity index (χ0) is 25.3. The number of nitrogens with one attached hydrogen (secondary N) is 2. The van der Waals surface area contributed by atoms with Gasteiger partial charge in [0.15, 0.2) is 5.11 Å². The summed E-state index contributed by atoms with van der Waals surface area (Å²) in [6, 6.07) is 12.1. The van der Waals surface area contributed by atoms with Gasteiger partial charge in [-0.3, -0.25) is 9.36 Å². The minimum absolute atomic E-state index is 0.255. The summed E-state index contributed by atoms with van der Waals surface area (Å²) < 4.78 is 17.8. The van der Waals surface area contributed by atoms with Crippen LogP contribution in [0.15, 0.2) is 42.5 Å². The highest BCUT2D eigenvalue weighted by atomic mass is 35.5. The van der Waals surface area contributed by atoms with E-state index in [-0.39, 0.29) is 5.82 Å². The van der Waals surface area contributed by atoms with Crippen molar-refractivity contribution in [2.75, 3.05) is 10.6 Å². The maximum Gasteiger partial charge on any atom is 0.175 e. The van der Waals surface area contributed by atoms with Crippen molar-refractivity contribution in [1.29, 1.82) is 0 Å². The maximum absolute atomic E-state index is 14.1. The molecule has 4 aromatic rings. The zero-order valence-electron chi connectivity index (χ0n) is 19.8. The van der Waals surface area contributed by atoms with Gasteiger partial charge in [-0.15, -0.1) is 0 Å². The first-order chi connectivity index (χ1) is 16.6. The molecule has 2 aromatic carbocycles. The van der Waals surface area contributed by atoms with E-state index in [2.05, 4.69) is 20.8 Å². The second-order valence-electron chi connectivity index (χ2n) is 8.31. The van der Waals surface area contributed by atoms with E-state index in [1.165, 1.54) is 6.07 Å². The summed E-state index contributed by atoms with van der Waals surface area (Å²) in [7, 11) is 0. The second kappa shape index (κ2) is 10.4. The van der Waals surface area contributed by atoms with Crippen LogP contribution in [0.5, 0.6) is 0 Å². The van der Waals surface area contributed by atoms with E-state index in [1.807, 2.05) is 50.6 Å². The number of rotatable bonds is 6. The minimum Gasteiger partial charge on any atom is -0.329 e. The Labute approximate surface area is 219 Å². The number of hydrogen-bond donors (Lipinski definition) is 2. The number of hydrogen-bond acceptors (Lipinski definition) is 3. The van der Waals surface area contributed by atoms with Gasteiger partial charge in [0.05, 0.1) is 47.2 Å². The number of aryl methyl sites for hydroxylation is 2. The maximum atomic E-state index is 14.1. The lowest BCUT2D eigenvalue weighted by Crippen LogP contribution is -2.21. The van der Waals surface area contributed by atoms with Crippen LogP contribution >= 0.6 is 35.4 Å². The fraction of sp³-hybridized carbons (Fsp3) is 0.240. The van der Waals surface area contributed by atoms with Gasteiger partial charge >= 0.3 is 0 Å². The molecule has 6 nitrogen and oxygen atoms in total. The minimum atomic E-state index is -0.255. The van der Waals surface area contributed by atoms with Gasteiger partial charge in [-0.1, -0.05) is 47.5 Å². The first-order valence-electron chi connectivity index (χ1n) is 11.0. The summed E-state index contributed by atoms with van der Waals surface area (Å²) in [4.78, 5) is 0. The Morgan fingerprint density at radius 1 is 0.857 bits per heavy atom. The first-order valence-corrected chi connectivity index (χ1v) is 12.1. The number of anilines is 2. The van der Waals surface area contributed by atoms with Crippen molar-refractivity contribution in [3.63, 3.8) is 0 Å². The van der Waals surface area contributed by atoms with Crippen LogP contribution in [-0.2, 0) is 13.1 Å². The molecule has 0 aliphatic heterocycles. The Bertz CT molecular complexity index is 1410. The van der Waals surface area contributed by atoms with Crippen LogP contribution in [0.1, 0.15) is 33.9 Å². The van der Waals surface area contributed by atoms with Gasteiger partial charge in [-0.05, 0) is 63.7 Å². The van der Waals surface area contributed by atoms with Gasteiger partial charge in [0.1, 0.15) is 5.82 Å². The monoisotopic (exact) mass is 530 g/mol. The Kier molecular flexibility index (Phi) is 7.44. The molecule has 0 aliphatic carbocycles. The zero-order valence-corrected chi connectivity index (χ0v) is 22.1. The average Bonchev–Trinajstić information content (AvgIpc) is 3.21. The normalized spacial score (nSPS) is 11.1. The van der Waals surface area contributed by atoms with Crippen LogP contribution in [-0.4, -0.2) is 24.7 Å². The van der Waals surface area contributed by atoms with E-state index in [4.69, 9.17) is 35.4 Å². The lowest BCUT2D eigenvalue weighted by Gasteiger charge is -2.12. The third-order valence-corrected chi connectivity index (χ3v) is 6.64. The SMILES string of the molecule is Cc1nn(Cc2ccccc2F)c(C)c1NC(=S)Nc1c(C)nn(Cc2ccc(Cl)cc2Cl)c1C. The molecule has 2 aromatic heterocycles. The van der Waals surface area contributed by atoms with Gasteiger partial charge in [0, 0.05) is 15.6 Å².